The molecule has 0 saturated heterocycles. The van der Waals surface area contributed by atoms with E-state index in [1.54, 1.807) is 21.0 Å². The zero-order chi connectivity index (χ0) is 24.5. The van der Waals surface area contributed by atoms with Crippen molar-refractivity contribution in [3.8, 4) is 11.4 Å². The van der Waals surface area contributed by atoms with E-state index >= 15 is 0 Å². The van der Waals surface area contributed by atoms with Gasteiger partial charge in [0.2, 0.25) is 5.13 Å². The maximum atomic E-state index is 13.2. The molecule has 35 heavy (non-hydrogen) atoms. The lowest BCUT2D eigenvalue weighted by Crippen LogP contribution is -2.20. The van der Waals surface area contributed by atoms with Crippen molar-refractivity contribution in [2.24, 2.45) is 7.05 Å². The second-order valence-electron chi connectivity index (χ2n) is 7.71. The van der Waals surface area contributed by atoms with E-state index in [0.717, 1.165) is 23.4 Å². The fourth-order valence-corrected chi connectivity index (χ4v) is 5.61. The first-order chi connectivity index (χ1) is 17.0. The van der Waals surface area contributed by atoms with E-state index < -0.39 is 0 Å². The first-order valence-electron chi connectivity index (χ1n) is 10.7. The van der Waals surface area contributed by atoms with Gasteiger partial charge in [-0.3, -0.25) is 14.3 Å². The molecule has 0 aliphatic rings. The van der Waals surface area contributed by atoms with Gasteiger partial charge in [-0.15, -0.1) is 10.2 Å². The summed E-state index contributed by atoms with van der Waals surface area (Å²) in [6.45, 7) is 3.67. The predicted octanol–water partition coefficient (Wildman–Crippen LogP) is 4.54. The van der Waals surface area contributed by atoms with E-state index in [-0.39, 0.29) is 5.56 Å². The Morgan fingerprint density at radius 3 is 2.29 bits per heavy atom. The van der Waals surface area contributed by atoms with Crippen LogP contribution in [-0.4, -0.2) is 35.6 Å². The summed E-state index contributed by atoms with van der Waals surface area (Å²) in [6, 6.07) is 19.1. The van der Waals surface area contributed by atoms with Crippen LogP contribution in [0.1, 0.15) is 21.7 Å². The molecule has 0 saturated carbocycles. The number of nitrogens with zero attached hydrogens (tertiary/aromatic N) is 6. The van der Waals surface area contributed by atoms with Crippen LogP contribution in [-0.2, 0) is 7.05 Å². The van der Waals surface area contributed by atoms with E-state index in [1.807, 2.05) is 74.6 Å². The zero-order valence-electron chi connectivity index (χ0n) is 19.2. The summed E-state index contributed by atoms with van der Waals surface area (Å²) in [6.07, 6.45) is 0.809. The van der Waals surface area contributed by atoms with Gasteiger partial charge in [-0.2, -0.15) is 5.10 Å². The van der Waals surface area contributed by atoms with Crippen molar-refractivity contribution in [1.82, 2.24) is 29.3 Å². The second kappa shape index (κ2) is 9.35. The van der Waals surface area contributed by atoms with Gasteiger partial charge in [0, 0.05) is 7.05 Å². The molecule has 5 aromatic rings. The van der Waals surface area contributed by atoms with Crippen LogP contribution >= 0.6 is 23.1 Å². The average molecular weight is 504 g/mol. The summed E-state index contributed by atoms with van der Waals surface area (Å²) < 4.78 is 5.75. The molecule has 0 fully saturated rings. The third-order valence-electron chi connectivity index (χ3n) is 5.56. The first kappa shape index (κ1) is 22.8. The Balaban J connectivity index is 1.45. The summed E-state index contributed by atoms with van der Waals surface area (Å²) in [7, 11) is 1.84. The molecule has 5 rings (SSSR count). The predicted molar refractivity (Wildman–Crippen MR) is 137 cm³/mol. The van der Waals surface area contributed by atoms with Gasteiger partial charge in [0.25, 0.3) is 5.56 Å². The number of aromatic nitrogens is 6. The molecule has 2 aromatic carbocycles. The minimum atomic E-state index is -0.179. The topological polar surface area (TPSA) is 99.6 Å². The molecule has 0 radical (unpaired) electrons. The van der Waals surface area contributed by atoms with Crippen molar-refractivity contribution in [1.29, 1.82) is 0 Å². The maximum Gasteiger partial charge on any atom is 0.295 e. The van der Waals surface area contributed by atoms with Crippen LogP contribution in [0.3, 0.4) is 0 Å². The van der Waals surface area contributed by atoms with Crippen LogP contribution in [0.4, 0.5) is 10.8 Å². The van der Waals surface area contributed by atoms with E-state index in [2.05, 4.69) is 20.6 Å². The summed E-state index contributed by atoms with van der Waals surface area (Å²) >= 11 is 2.61. The van der Waals surface area contributed by atoms with Crippen molar-refractivity contribution in [2.75, 3.05) is 5.32 Å². The highest BCUT2D eigenvalue weighted by atomic mass is 32.2. The van der Waals surface area contributed by atoms with Crippen molar-refractivity contribution < 1.29 is 4.79 Å². The molecule has 1 N–H and O–H groups in total. The molecule has 9 nitrogen and oxygen atoms in total. The molecule has 0 bridgehead atoms. The fourth-order valence-electron chi connectivity index (χ4n) is 3.70. The number of hydrogen-bond donors (Lipinski definition) is 1. The van der Waals surface area contributed by atoms with Gasteiger partial charge < -0.3 is 5.32 Å². The largest absolute Gasteiger partial charge is 0.324 e. The highest BCUT2D eigenvalue weighted by molar-refractivity contribution is 8.01. The number of carbonyl (C=O) groups is 1. The SMILES string of the molecule is Cc1nn(-c2ccccc2)c(Sc2nnc(Nc3c(C)n(C)n(-c4ccccc4)c3=O)s2)c1C=O. The lowest BCUT2D eigenvalue weighted by atomic mass is 10.3. The molecule has 0 amide bonds. The van der Waals surface area contributed by atoms with Gasteiger partial charge in [-0.05, 0) is 49.9 Å². The second-order valence-corrected chi connectivity index (χ2v) is 9.92. The number of rotatable bonds is 7. The molecule has 0 spiro atoms. The molecule has 0 unspecified atom stereocenters. The molecule has 3 aromatic heterocycles. The molecule has 11 heteroatoms. The fraction of sp³-hybridized carbons (Fsp3) is 0.125. The molecular weight excluding hydrogens is 482 g/mol. The van der Waals surface area contributed by atoms with E-state index in [9.17, 15) is 9.59 Å². The number of anilines is 2. The highest BCUT2D eigenvalue weighted by Gasteiger charge is 2.21. The molecule has 0 aliphatic carbocycles. The van der Waals surface area contributed by atoms with Gasteiger partial charge in [0.05, 0.1) is 28.3 Å². The van der Waals surface area contributed by atoms with Crippen LogP contribution in [0.2, 0.25) is 0 Å². The average Bonchev–Trinajstić information content (AvgIpc) is 3.51. The van der Waals surface area contributed by atoms with Crippen LogP contribution in [0, 0.1) is 13.8 Å². The number of nitrogens with one attached hydrogen (secondary N) is 1. The van der Waals surface area contributed by atoms with Crippen LogP contribution in [0.5, 0.6) is 0 Å². The summed E-state index contributed by atoms with van der Waals surface area (Å²) in [5, 5.41) is 17.3. The molecule has 0 atom stereocenters. The Bertz CT molecular complexity index is 1570. The Morgan fingerprint density at radius 1 is 0.971 bits per heavy atom. The zero-order valence-corrected chi connectivity index (χ0v) is 20.8. The van der Waals surface area contributed by atoms with Gasteiger partial charge >= 0.3 is 0 Å². The van der Waals surface area contributed by atoms with Crippen molar-refractivity contribution >= 4 is 40.2 Å². The quantitative estimate of drug-likeness (QED) is 0.326. The standard InChI is InChI=1S/C24H21N7O2S2/c1-15-19(14-32)22(30(28-15)17-10-6-4-7-11-17)34-24-27-26-23(35-24)25-20-16(2)29(3)31(21(20)33)18-12-8-5-9-13-18/h4-14H,1-3H3,(H,25,26). The third kappa shape index (κ3) is 4.19. The van der Waals surface area contributed by atoms with Gasteiger partial charge in [-0.25, -0.2) is 9.36 Å². The number of para-hydroxylation sites is 2. The molecular formula is C24H21N7O2S2. The Kier molecular flexibility index (Phi) is 6.10. The minimum Gasteiger partial charge on any atom is -0.324 e. The van der Waals surface area contributed by atoms with Crippen LogP contribution < -0.4 is 10.9 Å². The Labute approximate surface area is 209 Å². The molecule has 176 valence electrons. The Morgan fingerprint density at radius 2 is 1.63 bits per heavy atom. The van der Waals surface area contributed by atoms with E-state index in [4.69, 9.17) is 0 Å². The summed E-state index contributed by atoms with van der Waals surface area (Å²) in [4.78, 5) is 25.0. The number of benzene rings is 2. The number of hydrogen-bond acceptors (Lipinski definition) is 8. The van der Waals surface area contributed by atoms with Crippen molar-refractivity contribution in [3.05, 3.63) is 88.0 Å². The summed E-state index contributed by atoms with van der Waals surface area (Å²) in [5.74, 6) is 0. The smallest absolute Gasteiger partial charge is 0.295 e. The molecule has 3 heterocycles. The first-order valence-corrected chi connectivity index (χ1v) is 12.3. The van der Waals surface area contributed by atoms with Crippen molar-refractivity contribution in [3.63, 3.8) is 0 Å². The number of aryl methyl sites for hydroxylation is 1. The minimum absolute atomic E-state index is 0.179. The van der Waals surface area contributed by atoms with Crippen molar-refractivity contribution in [2.45, 2.75) is 23.2 Å². The van der Waals surface area contributed by atoms with Gasteiger partial charge in [0.1, 0.15) is 10.7 Å². The monoisotopic (exact) mass is 503 g/mol. The molecule has 0 aliphatic heterocycles. The summed E-state index contributed by atoms with van der Waals surface area (Å²) in [5.41, 5.74) is 3.78. The Hall–Kier alpha value is -3.96. The number of carbonyl (C=O) groups excluding carboxylic acids is 1. The van der Waals surface area contributed by atoms with Gasteiger partial charge in [-0.1, -0.05) is 47.7 Å². The van der Waals surface area contributed by atoms with Crippen LogP contribution in [0.15, 0.2) is 74.8 Å². The van der Waals surface area contributed by atoms with Crippen LogP contribution in [0.25, 0.3) is 11.4 Å². The lowest BCUT2D eigenvalue weighted by Gasteiger charge is -2.07. The number of aldehydes is 1. The normalized spacial score (nSPS) is 11.1. The van der Waals surface area contributed by atoms with E-state index in [0.29, 0.717) is 31.4 Å². The van der Waals surface area contributed by atoms with Gasteiger partial charge in [0.15, 0.2) is 10.6 Å². The third-order valence-corrected chi connectivity index (χ3v) is 7.53. The van der Waals surface area contributed by atoms with E-state index in [1.165, 1.54) is 23.1 Å². The highest BCUT2D eigenvalue weighted by Crippen LogP contribution is 2.36. The lowest BCUT2D eigenvalue weighted by molar-refractivity contribution is 0.112. The maximum absolute atomic E-state index is 13.2.